The maximum absolute atomic E-state index is 12.7. The van der Waals surface area contributed by atoms with E-state index in [-0.39, 0.29) is 12.1 Å². The van der Waals surface area contributed by atoms with Crippen LogP contribution in [0.2, 0.25) is 0 Å². The van der Waals surface area contributed by atoms with Gasteiger partial charge in [0, 0.05) is 12.2 Å². The molecule has 1 aliphatic heterocycles. The van der Waals surface area contributed by atoms with Crippen LogP contribution >= 0.6 is 0 Å². The second-order valence-electron chi connectivity index (χ2n) is 5.50. The predicted molar refractivity (Wildman–Crippen MR) is 85.3 cm³/mol. The lowest BCUT2D eigenvalue weighted by Gasteiger charge is -2.38. The van der Waals surface area contributed by atoms with E-state index in [1.165, 1.54) is 5.56 Å². The van der Waals surface area contributed by atoms with Gasteiger partial charge in [0.1, 0.15) is 6.17 Å². The van der Waals surface area contributed by atoms with Gasteiger partial charge in [-0.05, 0) is 31.0 Å². The number of aryl methyl sites for hydroxylation is 1. The van der Waals surface area contributed by atoms with Gasteiger partial charge in [-0.1, -0.05) is 48.9 Å². The lowest BCUT2D eigenvalue weighted by atomic mass is 10.0. The minimum absolute atomic E-state index is 0.0899. The number of para-hydroxylation sites is 1. The standard InChI is InChI=1S/C18H20N2O/c1-3-12-20-17(14-10-8-13(2)9-11-14)19-16-7-5-4-6-15(16)18(20)21/h4-11,17,19H,3,12H2,1-2H3/t17-/m1/s1. The molecule has 1 amide bonds. The van der Waals surface area contributed by atoms with Crippen molar-refractivity contribution < 1.29 is 4.79 Å². The number of amides is 1. The Hall–Kier alpha value is -2.29. The molecule has 0 saturated heterocycles. The number of rotatable bonds is 3. The largest absolute Gasteiger partial charge is 0.361 e. The quantitative estimate of drug-likeness (QED) is 0.922. The Morgan fingerprint density at radius 2 is 1.81 bits per heavy atom. The smallest absolute Gasteiger partial charge is 0.257 e. The van der Waals surface area contributed by atoms with Crippen LogP contribution in [0.4, 0.5) is 5.69 Å². The zero-order valence-electron chi connectivity index (χ0n) is 12.5. The summed E-state index contributed by atoms with van der Waals surface area (Å²) in [5.74, 6) is 0.108. The fraction of sp³-hybridized carbons (Fsp3) is 0.278. The Bertz CT molecular complexity index is 649. The van der Waals surface area contributed by atoms with Gasteiger partial charge in [-0.15, -0.1) is 0 Å². The molecule has 3 rings (SSSR count). The first-order valence-corrected chi connectivity index (χ1v) is 7.44. The molecule has 0 radical (unpaired) electrons. The second-order valence-corrected chi connectivity index (χ2v) is 5.50. The van der Waals surface area contributed by atoms with E-state index in [1.807, 2.05) is 29.2 Å². The van der Waals surface area contributed by atoms with Crippen LogP contribution in [0, 0.1) is 6.92 Å². The maximum atomic E-state index is 12.7. The third-order valence-electron chi connectivity index (χ3n) is 3.88. The van der Waals surface area contributed by atoms with Crippen molar-refractivity contribution in [1.82, 2.24) is 4.90 Å². The fourth-order valence-electron chi connectivity index (χ4n) is 2.78. The second kappa shape index (κ2) is 5.60. The first kappa shape index (κ1) is 13.7. The van der Waals surface area contributed by atoms with Crippen molar-refractivity contribution in [2.75, 3.05) is 11.9 Å². The Balaban J connectivity index is 2.02. The first-order chi connectivity index (χ1) is 10.2. The molecule has 3 heteroatoms. The molecule has 1 atom stereocenters. The third-order valence-corrected chi connectivity index (χ3v) is 3.88. The molecule has 0 spiro atoms. The summed E-state index contributed by atoms with van der Waals surface area (Å²) in [5, 5.41) is 3.50. The lowest BCUT2D eigenvalue weighted by molar-refractivity contribution is 0.0683. The number of benzene rings is 2. The number of nitrogens with one attached hydrogen (secondary N) is 1. The van der Waals surface area contributed by atoms with Gasteiger partial charge in [-0.3, -0.25) is 4.79 Å². The van der Waals surface area contributed by atoms with Gasteiger partial charge < -0.3 is 10.2 Å². The first-order valence-electron chi connectivity index (χ1n) is 7.44. The molecule has 0 bridgehead atoms. The highest BCUT2D eigenvalue weighted by Crippen LogP contribution is 2.33. The normalized spacial score (nSPS) is 17.3. The lowest BCUT2D eigenvalue weighted by Crippen LogP contribution is -2.43. The van der Waals surface area contributed by atoms with Crippen LogP contribution in [0.25, 0.3) is 0 Å². The Morgan fingerprint density at radius 1 is 1.10 bits per heavy atom. The van der Waals surface area contributed by atoms with Crippen molar-refractivity contribution in [1.29, 1.82) is 0 Å². The van der Waals surface area contributed by atoms with Gasteiger partial charge in [0.05, 0.1) is 5.56 Å². The maximum Gasteiger partial charge on any atom is 0.257 e. The summed E-state index contributed by atoms with van der Waals surface area (Å²) in [5.41, 5.74) is 4.02. The molecule has 1 aliphatic rings. The molecule has 0 aliphatic carbocycles. The molecule has 0 saturated carbocycles. The van der Waals surface area contributed by atoms with Crippen LogP contribution < -0.4 is 5.32 Å². The van der Waals surface area contributed by atoms with Gasteiger partial charge in [0.15, 0.2) is 0 Å². The van der Waals surface area contributed by atoms with Gasteiger partial charge in [-0.2, -0.15) is 0 Å². The van der Waals surface area contributed by atoms with Crippen LogP contribution in [-0.2, 0) is 0 Å². The molecule has 0 aromatic heterocycles. The van der Waals surface area contributed by atoms with E-state index >= 15 is 0 Å². The highest BCUT2D eigenvalue weighted by molar-refractivity contribution is 6.01. The van der Waals surface area contributed by atoms with E-state index < -0.39 is 0 Å². The van der Waals surface area contributed by atoms with Gasteiger partial charge in [0.25, 0.3) is 5.91 Å². The van der Waals surface area contributed by atoms with Crippen molar-refractivity contribution in [3.05, 3.63) is 65.2 Å². The van der Waals surface area contributed by atoms with E-state index in [4.69, 9.17) is 0 Å². The number of carbonyl (C=O) groups excluding carboxylic acids is 1. The molecule has 21 heavy (non-hydrogen) atoms. The summed E-state index contributed by atoms with van der Waals surface area (Å²) in [6, 6.07) is 16.1. The summed E-state index contributed by atoms with van der Waals surface area (Å²) in [6.07, 6.45) is 0.853. The summed E-state index contributed by atoms with van der Waals surface area (Å²) < 4.78 is 0. The molecular weight excluding hydrogens is 260 g/mol. The van der Waals surface area contributed by atoms with Crippen LogP contribution in [-0.4, -0.2) is 17.4 Å². The fourth-order valence-corrected chi connectivity index (χ4v) is 2.78. The number of hydrogen-bond donors (Lipinski definition) is 1. The number of carbonyl (C=O) groups is 1. The molecule has 0 fully saturated rings. The molecule has 0 unspecified atom stereocenters. The van der Waals surface area contributed by atoms with Gasteiger partial charge in [-0.25, -0.2) is 0 Å². The Labute approximate surface area is 125 Å². The average Bonchev–Trinajstić information content (AvgIpc) is 2.51. The number of fused-ring (bicyclic) bond motifs is 1. The number of hydrogen-bond acceptors (Lipinski definition) is 2. The molecule has 3 nitrogen and oxygen atoms in total. The van der Waals surface area contributed by atoms with E-state index in [9.17, 15) is 4.79 Å². The SMILES string of the molecule is CCCN1C(=O)c2ccccc2N[C@H]1c1ccc(C)cc1. The van der Waals surface area contributed by atoms with E-state index in [2.05, 4.69) is 43.4 Å². The van der Waals surface area contributed by atoms with Crippen molar-refractivity contribution in [3.63, 3.8) is 0 Å². The van der Waals surface area contributed by atoms with Gasteiger partial charge >= 0.3 is 0 Å². The van der Waals surface area contributed by atoms with Crippen molar-refractivity contribution in [2.45, 2.75) is 26.4 Å². The monoisotopic (exact) mass is 280 g/mol. The number of nitrogens with zero attached hydrogens (tertiary/aromatic N) is 1. The summed E-state index contributed by atoms with van der Waals surface area (Å²) in [4.78, 5) is 14.7. The molecule has 1 heterocycles. The van der Waals surface area contributed by atoms with Crippen LogP contribution in [0.3, 0.4) is 0 Å². The molecular formula is C18H20N2O. The van der Waals surface area contributed by atoms with Crippen LogP contribution in [0.1, 0.15) is 41.0 Å². The van der Waals surface area contributed by atoms with Crippen LogP contribution in [0.15, 0.2) is 48.5 Å². The van der Waals surface area contributed by atoms with E-state index in [1.54, 1.807) is 0 Å². The van der Waals surface area contributed by atoms with Crippen molar-refractivity contribution in [3.8, 4) is 0 Å². The van der Waals surface area contributed by atoms with E-state index in [0.717, 1.165) is 29.8 Å². The zero-order chi connectivity index (χ0) is 14.8. The third kappa shape index (κ3) is 2.51. The minimum atomic E-state index is -0.0899. The van der Waals surface area contributed by atoms with E-state index in [0.29, 0.717) is 0 Å². The minimum Gasteiger partial charge on any atom is -0.361 e. The van der Waals surface area contributed by atoms with Crippen molar-refractivity contribution in [2.24, 2.45) is 0 Å². The Morgan fingerprint density at radius 3 is 2.52 bits per heavy atom. The molecule has 2 aromatic carbocycles. The summed E-state index contributed by atoms with van der Waals surface area (Å²) in [7, 11) is 0. The summed E-state index contributed by atoms with van der Waals surface area (Å²) in [6.45, 7) is 4.92. The molecule has 1 N–H and O–H groups in total. The van der Waals surface area contributed by atoms with Gasteiger partial charge in [0.2, 0.25) is 0 Å². The topological polar surface area (TPSA) is 32.3 Å². The summed E-state index contributed by atoms with van der Waals surface area (Å²) >= 11 is 0. The highest BCUT2D eigenvalue weighted by Gasteiger charge is 2.31. The molecule has 2 aromatic rings. The predicted octanol–water partition coefficient (Wildman–Crippen LogP) is 3.97. The average molecular weight is 280 g/mol. The highest BCUT2D eigenvalue weighted by atomic mass is 16.2. The zero-order valence-corrected chi connectivity index (χ0v) is 12.5. The van der Waals surface area contributed by atoms with Crippen LogP contribution in [0.5, 0.6) is 0 Å². The number of anilines is 1. The Kier molecular flexibility index (Phi) is 3.65. The van der Waals surface area contributed by atoms with Crippen molar-refractivity contribution >= 4 is 11.6 Å². The molecule has 108 valence electrons.